The van der Waals surface area contributed by atoms with Crippen LogP contribution in [-0.4, -0.2) is 42.1 Å². The van der Waals surface area contributed by atoms with Gasteiger partial charge in [0.05, 0.1) is 19.3 Å². The van der Waals surface area contributed by atoms with Crippen LogP contribution in [0.2, 0.25) is 0 Å². The van der Waals surface area contributed by atoms with Crippen LogP contribution in [0.15, 0.2) is 60.7 Å². The number of nitrogens with zero attached hydrogens (tertiary/aromatic N) is 1. The van der Waals surface area contributed by atoms with Crippen molar-refractivity contribution in [1.82, 2.24) is 10.2 Å². The number of morpholine rings is 1. The largest absolute Gasteiger partial charge is 0.378 e. The van der Waals surface area contributed by atoms with E-state index in [0.29, 0.717) is 24.7 Å². The van der Waals surface area contributed by atoms with Gasteiger partial charge in [-0.25, -0.2) is 0 Å². The van der Waals surface area contributed by atoms with E-state index in [1.165, 1.54) is 0 Å². The molecule has 1 heterocycles. The molecule has 1 aliphatic rings. The standard InChI is InChI=1S/C20H22N2O2S/c23-19(17-9-5-2-6-10-17)15-18(16-7-3-1-4-8-16)21-20(25)22-11-13-24-14-12-22/h1-10,18H,11-15H2,(H,21,25)/t18-/m1/s1. The van der Waals surface area contributed by atoms with Crippen molar-refractivity contribution in [3.8, 4) is 0 Å². The number of rotatable bonds is 5. The zero-order valence-corrected chi connectivity index (χ0v) is 14.9. The summed E-state index contributed by atoms with van der Waals surface area (Å²) in [6.45, 7) is 2.92. The summed E-state index contributed by atoms with van der Waals surface area (Å²) in [5.74, 6) is 0.103. The van der Waals surface area contributed by atoms with Crippen LogP contribution >= 0.6 is 12.2 Å². The molecule has 0 spiro atoms. The number of carbonyl (C=O) groups excluding carboxylic acids is 1. The van der Waals surface area contributed by atoms with Gasteiger partial charge in [0.25, 0.3) is 0 Å². The van der Waals surface area contributed by atoms with Crippen molar-refractivity contribution >= 4 is 23.1 Å². The van der Waals surface area contributed by atoms with Crippen molar-refractivity contribution in [3.63, 3.8) is 0 Å². The minimum absolute atomic E-state index is 0.103. The smallest absolute Gasteiger partial charge is 0.169 e. The third-order valence-corrected chi connectivity index (χ3v) is 4.66. The molecule has 4 nitrogen and oxygen atoms in total. The normalized spacial score (nSPS) is 15.4. The van der Waals surface area contributed by atoms with Crippen LogP contribution < -0.4 is 5.32 Å². The minimum Gasteiger partial charge on any atom is -0.378 e. The molecule has 0 aromatic heterocycles. The molecule has 1 fully saturated rings. The van der Waals surface area contributed by atoms with Crippen LogP contribution in [0.3, 0.4) is 0 Å². The quantitative estimate of drug-likeness (QED) is 0.660. The monoisotopic (exact) mass is 354 g/mol. The SMILES string of the molecule is O=C(C[C@@H](NC(=S)N1CCOCC1)c1ccccc1)c1ccccc1. The maximum Gasteiger partial charge on any atom is 0.169 e. The predicted octanol–water partition coefficient (Wildman–Crippen LogP) is 3.21. The van der Waals surface area contributed by atoms with E-state index in [2.05, 4.69) is 10.2 Å². The van der Waals surface area contributed by atoms with Gasteiger partial charge in [-0.05, 0) is 17.8 Å². The highest BCUT2D eigenvalue weighted by Crippen LogP contribution is 2.20. The Morgan fingerprint density at radius 2 is 1.64 bits per heavy atom. The third kappa shape index (κ3) is 4.87. The number of Topliss-reactive ketones (excluding diaryl/α,β-unsaturated/α-hetero) is 1. The molecule has 1 aliphatic heterocycles. The van der Waals surface area contributed by atoms with Crippen molar-refractivity contribution in [2.75, 3.05) is 26.3 Å². The molecule has 0 aliphatic carbocycles. The van der Waals surface area contributed by atoms with Gasteiger partial charge in [-0.15, -0.1) is 0 Å². The Labute approximate surface area is 153 Å². The van der Waals surface area contributed by atoms with Gasteiger partial charge in [0, 0.05) is 25.1 Å². The molecule has 25 heavy (non-hydrogen) atoms. The summed E-state index contributed by atoms with van der Waals surface area (Å²) < 4.78 is 5.38. The van der Waals surface area contributed by atoms with Gasteiger partial charge in [0.1, 0.15) is 0 Å². The zero-order chi connectivity index (χ0) is 17.5. The highest BCUT2D eigenvalue weighted by molar-refractivity contribution is 7.80. The molecule has 2 aromatic carbocycles. The molecule has 0 bridgehead atoms. The van der Waals surface area contributed by atoms with E-state index in [0.717, 1.165) is 24.2 Å². The average molecular weight is 354 g/mol. The minimum atomic E-state index is -0.149. The van der Waals surface area contributed by atoms with Crippen LogP contribution in [0.5, 0.6) is 0 Å². The number of ketones is 1. The Morgan fingerprint density at radius 3 is 2.28 bits per heavy atom. The van der Waals surface area contributed by atoms with E-state index >= 15 is 0 Å². The van der Waals surface area contributed by atoms with E-state index < -0.39 is 0 Å². The maximum atomic E-state index is 12.7. The summed E-state index contributed by atoms with van der Waals surface area (Å²) in [6, 6.07) is 19.2. The molecule has 5 heteroatoms. The van der Waals surface area contributed by atoms with Gasteiger partial charge in [0.15, 0.2) is 10.9 Å². The Hall–Kier alpha value is -2.24. The number of benzene rings is 2. The fourth-order valence-corrected chi connectivity index (χ4v) is 3.20. The van der Waals surface area contributed by atoms with Crippen LogP contribution in [0, 0.1) is 0 Å². The highest BCUT2D eigenvalue weighted by Gasteiger charge is 2.21. The van der Waals surface area contributed by atoms with E-state index in [1.807, 2.05) is 60.7 Å². The number of carbonyl (C=O) groups is 1. The predicted molar refractivity (Wildman–Crippen MR) is 103 cm³/mol. The van der Waals surface area contributed by atoms with Gasteiger partial charge in [-0.1, -0.05) is 60.7 Å². The van der Waals surface area contributed by atoms with Gasteiger partial charge < -0.3 is 15.0 Å². The molecule has 1 atom stereocenters. The lowest BCUT2D eigenvalue weighted by molar-refractivity contribution is 0.0672. The third-order valence-electron chi connectivity index (χ3n) is 4.28. The average Bonchev–Trinajstić information content (AvgIpc) is 2.69. The van der Waals surface area contributed by atoms with Gasteiger partial charge >= 0.3 is 0 Å². The van der Waals surface area contributed by atoms with E-state index in [-0.39, 0.29) is 11.8 Å². The summed E-state index contributed by atoms with van der Waals surface area (Å²) in [6.07, 6.45) is 0.360. The molecule has 0 saturated carbocycles. The number of nitrogens with one attached hydrogen (secondary N) is 1. The van der Waals surface area contributed by atoms with Crippen molar-refractivity contribution in [3.05, 3.63) is 71.8 Å². The first-order chi connectivity index (χ1) is 12.2. The fraction of sp³-hybridized carbons (Fsp3) is 0.300. The molecule has 0 radical (unpaired) electrons. The zero-order valence-electron chi connectivity index (χ0n) is 14.1. The van der Waals surface area contributed by atoms with Gasteiger partial charge in [0.2, 0.25) is 0 Å². The van der Waals surface area contributed by atoms with Crippen molar-refractivity contribution in [2.45, 2.75) is 12.5 Å². The van der Waals surface area contributed by atoms with Crippen LogP contribution in [0.4, 0.5) is 0 Å². The number of thiocarbonyl (C=S) groups is 1. The molecule has 130 valence electrons. The van der Waals surface area contributed by atoms with E-state index in [1.54, 1.807) is 0 Å². The second-order valence-corrected chi connectivity index (χ2v) is 6.39. The van der Waals surface area contributed by atoms with Crippen LogP contribution in [-0.2, 0) is 4.74 Å². The van der Waals surface area contributed by atoms with Crippen LogP contribution in [0.25, 0.3) is 0 Å². The number of ether oxygens (including phenoxy) is 1. The summed E-state index contributed by atoms with van der Waals surface area (Å²) in [7, 11) is 0. The summed E-state index contributed by atoms with van der Waals surface area (Å²) in [4.78, 5) is 14.8. The van der Waals surface area contributed by atoms with Crippen molar-refractivity contribution < 1.29 is 9.53 Å². The lowest BCUT2D eigenvalue weighted by atomic mass is 9.98. The Kier molecular flexibility index (Phi) is 6.14. The topological polar surface area (TPSA) is 41.6 Å². The summed E-state index contributed by atoms with van der Waals surface area (Å²) >= 11 is 5.57. The number of hydrogen-bond acceptors (Lipinski definition) is 3. The molecular weight excluding hydrogens is 332 g/mol. The lowest BCUT2D eigenvalue weighted by Gasteiger charge is -2.32. The Morgan fingerprint density at radius 1 is 1.04 bits per heavy atom. The summed E-state index contributed by atoms with van der Waals surface area (Å²) in [5, 5.41) is 4.06. The Bertz CT molecular complexity index is 700. The molecular formula is C20H22N2O2S. The second kappa shape index (κ2) is 8.74. The van der Waals surface area contributed by atoms with Gasteiger partial charge in [-0.3, -0.25) is 4.79 Å². The van der Waals surface area contributed by atoms with Gasteiger partial charge in [-0.2, -0.15) is 0 Å². The molecule has 2 aromatic rings. The van der Waals surface area contributed by atoms with Crippen molar-refractivity contribution in [2.24, 2.45) is 0 Å². The fourth-order valence-electron chi connectivity index (χ4n) is 2.87. The number of hydrogen-bond donors (Lipinski definition) is 1. The second-order valence-electron chi connectivity index (χ2n) is 6.01. The summed E-state index contributed by atoms with van der Waals surface area (Å²) in [5.41, 5.74) is 1.78. The first kappa shape index (κ1) is 17.6. The van der Waals surface area contributed by atoms with Crippen LogP contribution in [0.1, 0.15) is 28.4 Å². The molecule has 0 amide bonds. The highest BCUT2D eigenvalue weighted by atomic mass is 32.1. The molecule has 1 saturated heterocycles. The first-order valence-electron chi connectivity index (χ1n) is 8.50. The maximum absolute atomic E-state index is 12.7. The molecule has 3 rings (SSSR count). The van der Waals surface area contributed by atoms with E-state index in [9.17, 15) is 4.79 Å². The molecule has 1 N–H and O–H groups in total. The van der Waals surface area contributed by atoms with E-state index in [4.69, 9.17) is 17.0 Å². The van der Waals surface area contributed by atoms with Crippen molar-refractivity contribution in [1.29, 1.82) is 0 Å². The Balaban J connectivity index is 1.73. The molecule has 0 unspecified atom stereocenters. The first-order valence-corrected chi connectivity index (χ1v) is 8.91. The lowest BCUT2D eigenvalue weighted by Crippen LogP contribution is -2.47.